The van der Waals surface area contributed by atoms with Gasteiger partial charge in [0, 0.05) is 26.6 Å². The maximum atomic E-state index is 12.4. The first-order chi connectivity index (χ1) is 13.9. The molecule has 1 atom stereocenters. The normalized spacial score (nSPS) is 16.0. The summed E-state index contributed by atoms with van der Waals surface area (Å²) in [6, 6.07) is 5.91. The Hall–Kier alpha value is -3.43. The molecule has 0 bridgehead atoms. The number of nitrogens with zero attached hydrogens (tertiary/aromatic N) is 2. The minimum atomic E-state index is -0.474. The third kappa shape index (κ3) is 4.53. The number of carbonyl (C=O) groups excluding carboxylic acids is 3. The second-order valence-corrected chi connectivity index (χ2v) is 6.89. The van der Waals surface area contributed by atoms with Crippen LogP contribution in [-0.2, 0) is 20.9 Å². The number of benzene rings is 1. The zero-order valence-corrected chi connectivity index (χ0v) is 16.1. The number of likely N-dealkylation sites (tertiary alicyclic amines) is 1. The average molecular weight is 401 g/mol. The fourth-order valence-electron chi connectivity index (χ4n) is 3.48. The van der Waals surface area contributed by atoms with E-state index in [-0.39, 0.29) is 42.2 Å². The van der Waals surface area contributed by atoms with Crippen molar-refractivity contribution < 1.29 is 14.4 Å². The molecule has 1 saturated heterocycles. The zero-order chi connectivity index (χ0) is 21.0. The predicted octanol–water partition coefficient (Wildman–Crippen LogP) is -1.07. The van der Waals surface area contributed by atoms with E-state index in [0.29, 0.717) is 13.0 Å². The van der Waals surface area contributed by atoms with Crippen LogP contribution in [-0.4, -0.2) is 58.1 Å². The minimum absolute atomic E-state index is 0.134. The summed E-state index contributed by atoms with van der Waals surface area (Å²) in [5.41, 5.74) is -0.916. The van der Waals surface area contributed by atoms with Gasteiger partial charge in [-0.25, -0.2) is 4.68 Å². The van der Waals surface area contributed by atoms with Gasteiger partial charge < -0.3 is 15.5 Å². The summed E-state index contributed by atoms with van der Waals surface area (Å²) in [5, 5.41) is 8.19. The highest BCUT2D eigenvalue weighted by Crippen LogP contribution is 2.17. The predicted molar refractivity (Wildman–Crippen MR) is 105 cm³/mol. The molecule has 10 nitrogen and oxygen atoms in total. The molecule has 1 fully saturated rings. The van der Waals surface area contributed by atoms with Crippen LogP contribution in [0.1, 0.15) is 19.8 Å². The lowest BCUT2D eigenvalue weighted by atomic mass is 10.2. The number of carbonyl (C=O) groups is 3. The van der Waals surface area contributed by atoms with Gasteiger partial charge in [0.25, 0.3) is 11.1 Å². The SMILES string of the molecule is CC(=O)N1CCC[C@H]1C(=O)NCCNC(=O)Cn1[nH]c(=O)c2ccccc2c1=O. The summed E-state index contributed by atoms with van der Waals surface area (Å²) in [5.74, 6) is -0.855. The van der Waals surface area contributed by atoms with Gasteiger partial charge in [0.05, 0.1) is 10.8 Å². The van der Waals surface area contributed by atoms with Crippen LogP contribution in [0.25, 0.3) is 10.8 Å². The average Bonchev–Trinajstić information content (AvgIpc) is 3.19. The molecular formula is C19H23N5O5. The van der Waals surface area contributed by atoms with Crippen LogP contribution in [0.15, 0.2) is 33.9 Å². The Morgan fingerprint density at radius 2 is 1.79 bits per heavy atom. The number of aromatic nitrogens is 2. The number of hydrogen-bond donors (Lipinski definition) is 3. The van der Waals surface area contributed by atoms with Crippen LogP contribution in [0, 0.1) is 0 Å². The Labute approximate surface area is 165 Å². The van der Waals surface area contributed by atoms with Crippen LogP contribution in [0.3, 0.4) is 0 Å². The van der Waals surface area contributed by atoms with E-state index in [2.05, 4.69) is 15.7 Å². The van der Waals surface area contributed by atoms with Crippen molar-refractivity contribution in [3.05, 3.63) is 45.0 Å². The molecule has 10 heteroatoms. The lowest BCUT2D eigenvalue weighted by molar-refractivity contribution is -0.136. The van der Waals surface area contributed by atoms with Crippen LogP contribution in [0.4, 0.5) is 0 Å². The second-order valence-electron chi connectivity index (χ2n) is 6.89. The van der Waals surface area contributed by atoms with E-state index in [9.17, 15) is 24.0 Å². The van der Waals surface area contributed by atoms with E-state index in [4.69, 9.17) is 0 Å². The quantitative estimate of drug-likeness (QED) is 0.530. The molecule has 1 aliphatic rings. The molecule has 154 valence electrons. The summed E-state index contributed by atoms with van der Waals surface area (Å²) in [4.78, 5) is 61.8. The minimum Gasteiger partial charge on any atom is -0.353 e. The van der Waals surface area contributed by atoms with E-state index >= 15 is 0 Å². The number of fused-ring (bicyclic) bond motifs is 1. The molecule has 2 aromatic rings. The summed E-state index contributed by atoms with van der Waals surface area (Å²) in [7, 11) is 0. The van der Waals surface area contributed by atoms with Gasteiger partial charge in [-0.1, -0.05) is 12.1 Å². The summed E-state index contributed by atoms with van der Waals surface area (Å²) < 4.78 is 0.960. The van der Waals surface area contributed by atoms with Gasteiger partial charge in [0.1, 0.15) is 12.6 Å². The fraction of sp³-hybridized carbons (Fsp3) is 0.421. The monoisotopic (exact) mass is 401 g/mol. The molecule has 0 aliphatic carbocycles. The van der Waals surface area contributed by atoms with E-state index in [1.54, 1.807) is 18.2 Å². The Bertz CT molecular complexity index is 1060. The van der Waals surface area contributed by atoms with Crippen LogP contribution >= 0.6 is 0 Å². The van der Waals surface area contributed by atoms with Gasteiger partial charge >= 0.3 is 0 Å². The van der Waals surface area contributed by atoms with Crippen molar-refractivity contribution >= 4 is 28.5 Å². The largest absolute Gasteiger partial charge is 0.353 e. The molecule has 3 amide bonds. The van der Waals surface area contributed by atoms with Crippen molar-refractivity contribution in [1.29, 1.82) is 0 Å². The zero-order valence-electron chi connectivity index (χ0n) is 16.1. The summed E-state index contributed by atoms with van der Waals surface area (Å²) in [6.07, 6.45) is 1.41. The molecule has 29 heavy (non-hydrogen) atoms. The Kier molecular flexibility index (Phi) is 6.10. The molecular weight excluding hydrogens is 378 g/mol. The highest BCUT2D eigenvalue weighted by molar-refractivity contribution is 5.87. The molecule has 0 unspecified atom stereocenters. The van der Waals surface area contributed by atoms with Crippen LogP contribution < -0.4 is 21.8 Å². The lowest BCUT2D eigenvalue weighted by Crippen LogP contribution is -2.47. The molecule has 3 N–H and O–H groups in total. The van der Waals surface area contributed by atoms with Gasteiger partial charge in [-0.15, -0.1) is 0 Å². The standard InChI is InChI=1S/C19H23N5O5/c1-12(25)23-10-4-7-15(23)18(28)21-9-8-20-16(26)11-24-19(29)14-6-3-2-5-13(14)17(27)22-24/h2-3,5-6,15H,4,7-11H2,1H3,(H,20,26)(H,21,28)(H,22,27)/t15-/m0/s1. The van der Waals surface area contributed by atoms with E-state index in [0.717, 1.165) is 11.1 Å². The molecule has 0 saturated carbocycles. The molecule has 0 radical (unpaired) electrons. The Morgan fingerprint density at radius 3 is 2.52 bits per heavy atom. The second kappa shape index (κ2) is 8.72. The molecule has 1 aromatic carbocycles. The van der Waals surface area contributed by atoms with E-state index < -0.39 is 23.1 Å². The van der Waals surface area contributed by atoms with Crippen molar-refractivity contribution in [3.8, 4) is 0 Å². The first-order valence-corrected chi connectivity index (χ1v) is 9.42. The van der Waals surface area contributed by atoms with Crippen molar-refractivity contribution in [3.63, 3.8) is 0 Å². The van der Waals surface area contributed by atoms with E-state index in [1.165, 1.54) is 17.9 Å². The maximum absolute atomic E-state index is 12.4. The molecule has 3 rings (SSSR count). The highest BCUT2D eigenvalue weighted by Gasteiger charge is 2.31. The molecule has 1 aliphatic heterocycles. The number of hydrogen-bond acceptors (Lipinski definition) is 5. The Balaban J connectivity index is 1.51. The Morgan fingerprint density at radius 1 is 1.10 bits per heavy atom. The molecule has 1 aromatic heterocycles. The van der Waals surface area contributed by atoms with Crippen molar-refractivity contribution in [1.82, 2.24) is 25.3 Å². The van der Waals surface area contributed by atoms with Gasteiger partial charge in [0.15, 0.2) is 0 Å². The number of nitrogens with one attached hydrogen (secondary N) is 3. The first-order valence-electron chi connectivity index (χ1n) is 9.42. The third-order valence-corrected chi connectivity index (χ3v) is 4.89. The lowest BCUT2D eigenvalue weighted by Gasteiger charge is -2.22. The number of H-pyrrole nitrogens is 1. The summed E-state index contributed by atoms with van der Waals surface area (Å²) in [6.45, 7) is 2.02. The van der Waals surface area contributed by atoms with Gasteiger partial charge in [0.2, 0.25) is 17.7 Å². The van der Waals surface area contributed by atoms with Crippen LogP contribution in [0.2, 0.25) is 0 Å². The van der Waals surface area contributed by atoms with Crippen molar-refractivity contribution in [2.45, 2.75) is 32.4 Å². The van der Waals surface area contributed by atoms with Crippen molar-refractivity contribution in [2.24, 2.45) is 0 Å². The van der Waals surface area contributed by atoms with Gasteiger partial charge in [-0.2, -0.15) is 0 Å². The van der Waals surface area contributed by atoms with Gasteiger partial charge in [-0.05, 0) is 25.0 Å². The summed E-state index contributed by atoms with van der Waals surface area (Å²) >= 11 is 0. The van der Waals surface area contributed by atoms with E-state index in [1.807, 2.05) is 0 Å². The van der Waals surface area contributed by atoms with Crippen molar-refractivity contribution in [2.75, 3.05) is 19.6 Å². The smallest absolute Gasteiger partial charge is 0.273 e. The number of aromatic amines is 1. The number of amides is 3. The highest BCUT2D eigenvalue weighted by atomic mass is 16.2. The van der Waals surface area contributed by atoms with Gasteiger partial charge in [-0.3, -0.25) is 29.1 Å². The topological polar surface area (TPSA) is 133 Å². The first kappa shape index (κ1) is 20.3. The fourth-order valence-corrected chi connectivity index (χ4v) is 3.48. The van der Waals surface area contributed by atoms with Crippen LogP contribution in [0.5, 0.6) is 0 Å². The number of rotatable bonds is 6. The molecule has 2 heterocycles. The third-order valence-electron chi connectivity index (χ3n) is 4.89. The maximum Gasteiger partial charge on any atom is 0.273 e. The molecule has 0 spiro atoms.